The second-order valence-corrected chi connectivity index (χ2v) is 4.97. The van der Waals surface area contributed by atoms with Crippen LogP contribution in [0.1, 0.15) is 17.4 Å². The van der Waals surface area contributed by atoms with Crippen molar-refractivity contribution >= 4 is 5.91 Å². The van der Waals surface area contributed by atoms with Crippen molar-refractivity contribution in [2.45, 2.75) is 19.5 Å². The Morgan fingerprint density at radius 1 is 1.53 bits per heavy atom. The summed E-state index contributed by atoms with van der Waals surface area (Å²) in [7, 11) is 2.15. The van der Waals surface area contributed by atoms with Crippen LogP contribution in [-0.4, -0.2) is 70.0 Å². The summed E-state index contributed by atoms with van der Waals surface area (Å²) < 4.78 is 1.67. The number of piperazine rings is 1. The van der Waals surface area contributed by atoms with Crippen LogP contribution >= 0.6 is 0 Å². The van der Waals surface area contributed by atoms with Crippen LogP contribution in [0.25, 0.3) is 0 Å². The number of hydrogen-bond acceptors (Lipinski definition) is 6. The van der Waals surface area contributed by atoms with Gasteiger partial charge in [-0.3, -0.25) is 19.8 Å². The molecule has 0 spiro atoms. The predicted octanol–water partition coefficient (Wildman–Crippen LogP) is -1.48. The molecule has 1 fully saturated rings. The Bertz CT molecular complexity index is 432. The van der Waals surface area contributed by atoms with E-state index in [9.17, 15) is 4.79 Å². The molecule has 1 aromatic heterocycles. The van der Waals surface area contributed by atoms with Gasteiger partial charge in [0.1, 0.15) is 0 Å². The summed E-state index contributed by atoms with van der Waals surface area (Å²) in [5.41, 5.74) is 2.28. The molecule has 8 heteroatoms. The lowest BCUT2D eigenvalue weighted by atomic mass is 10.2. The van der Waals surface area contributed by atoms with Crippen molar-refractivity contribution < 1.29 is 4.79 Å². The monoisotopic (exact) mass is 267 g/mol. The summed E-state index contributed by atoms with van der Waals surface area (Å²) in [6.45, 7) is 7.06. The molecule has 1 saturated heterocycles. The van der Waals surface area contributed by atoms with Crippen molar-refractivity contribution in [2.24, 2.45) is 5.84 Å². The zero-order valence-corrected chi connectivity index (χ0v) is 11.4. The third-order valence-electron chi connectivity index (χ3n) is 3.59. The van der Waals surface area contributed by atoms with Gasteiger partial charge in [0.15, 0.2) is 5.69 Å². The Hall–Kier alpha value is -1.51. The maximum Gasteiger partial charge on any atom is 0.287 e. The number of nitrogens with two attached hydrogens (primary N) is 1. The van der Waals surface area contributed by atoms with Gasteiger partial charge >= 0.3 is 0 Å². The Morgan fingerprint density at radius 2 is 2.32 bits per heavy atom. The van der Waals surface area contributed by atoms with Crippen molar-refractivity contribution in [2.75, 3.05) is 33.2 Å². The number of nitrogen functional groups attached to an aromatic ring is 1. The van der Waals surface area contributed by atoms with E-state index in [2.05, 4.69) is 34.1 Å². The lowest BCUT2D eigenvalue weighted by Gasteiger charge is -2.37. The third kappa shape index (κ3) is 3.49. The number of nitrogens with zero attached hydrogens (tertiary/aromatic N) is 5. The molecule has 2 rings (SSSR count). The SMILES string of the molecule is CC1CN(CCn2cc(C(=O)NN)nn2)CCN1C. The number of amides is 1. The largest absolute Gasteiger partial charge is 0.301 e. The van der Waals surface area contributed by atoms with Crippen LogP contribution < -0.4 is 11.3 Å². The van der Waals surface area contributed by atoms with E-state index in [-0.39, 0.29) is 5.69 Å². The fraction of sp³-hybridized carbons (Fsp3) is 0.727. The summed E-state index contributed by atoms with van der Waals surface area (Å²) in [6.07, 6.45) is 1.61. The Morgan fingerprint density at radius 3 is 3.00 bits per heavy atom. The van der Waals surface area contributed by atoms with Gasteiger partial charge in [-0.1, -0.05) is 5.21 Å². The topological polar surface area (TPSA) is 92.3 Å². The van der Waals surface area contributed by atoms with Crippen LogP contribution in [0.3, 0.4) is 0 Å². The second kappa shape index (κ2) is 6.09. The van der Waals surface area contributed by atoms with Gasteiger partial charge in [-0.2, -0.15) is 0 Å². The zero-order chi connectivity index (χ0) is 13.8. The first kappa shape index (κ1) is 13.9. The van der Waals surface area contributed by atoms with Gasteiger partial charge in [-0.05, 0) is 14.0 Å². The van der Waals surface area contributed by atoms with Crippen molar-refractivity contribution in [3.8, 4) is 0 Å². The quantitative estimate of drug-likeness (QED) is 0.392. The average molecular weight is 267 g/mol. The van der Waals surface area contributed by atoms with E-state index in [1.54, 1.807) is 10.9 Å². The lowest BCUT2D eigenvalue weighted by molar-refractivity contribution is 0.0948. The second-order valence-electron chi connectivity index (χ2n) is 4.97. The van der Waals surface area contributed by atoms with Crippen LogP contribution in [0.5, 0.6) is 0 Å². The van der Waals surface area contributed by atoms with E-state index < -0.39 is 5.91 Å². The van der Waals surface area contributed by atoms with Crippen molar-refractivity contribution in [1.29, 1.82) is 0 Å². The van der Waals surface area contributed by atoms with Gasteiger partial charge in [-0.25, -0.2) is 5.84 Å². The molecule has 8 nitrogen and oxygen atoms in total. The van der Waals surface area contributed by atoms with Crippen LogP contribution in [0.4, 0.5) is 0 Å². The van der Waals surface area contributed by atoms with E-state index in [1.807, 2.05) is 5.43 Å². The predicted molar refractivity (Wildman–Crippen MR) is 70.2 cm³/mol. The number of hydrogen-bond donors (Lipinski definition) is 2. The standard InChI is InChI=1S/C11H21N7O/c1-9-7-17(4-3-16(9)2)5-6-18-8-10(14-15-18)11(19)13-12/h8-9H,3-7,12H2,1-2H3,(H,13,19). The fourth-order valence-electron chi connectivity index (χ4n) is 2.16. The minimum atomic E-state index is -0.417. The van der Waals surface area contributed by atoms with Gasteiger partial charge in [-0.15, -0.1) is 5.10 Å². The number of nitrogens with one attached hydrogen (secondary N) is 1. The molecule has 0 bridgehead atoms. The minimum Gasteiger partial charge on any atom is -0.301 e. The molecule has 0 aliphatic carbocycles. The molecule has 1 unspecified atom stereocenters. The molecule has 0 aromatic carbocycles. The van der Waals surface area contributed by atoms with Crippen LogP contribution in [0.15, 0.2) is 6.20 Å². The molecule has 0 radical (unpaired) electrons. The van der Waals surface area contributed by atoms with Gasteiger partial charge in [0, 0.05) is 32.2 Å². The molecular formula is C11H21N7O. The number of likely N-dealkylation sites (N-methyl/N-ethyl adjacent to an activating group) is 1. The fourth-order valence-corrected chi connectivity index (χ4v) is 2.16. The van der Waals surface area contributed by atoms with E-state index in [0.717, 1.165) is 32.7 Å². The molecule has 0 saturated carbocycles. The Labute approximate surface area is 112 Å². The summed E-state index contributed by atoms with van der Waals surface area (Å²) in [5, 5.41) is 7.69. The summed E-state index contributed by atoms with van der Waals surface area (Å²) in [4.78, 5) is 16.0. The summed E-state index contributed by atoms with van der Waals surface area (Å²) in [5.74, 6) is 4.63. The normalized spacial score (nSPS) is 21.5. The summed E-state index contributed by atoms with van der Waals surface area (Å²) >= 11 is 0. The maximum absolute atomic E-state index is 11.2. The number of carbonyl (C=O) groups excluding carboxylic acids is 1. The molecule has 3 N–H and O–H groups in total. The van der Waals surface area contributed by atoms with E-state index >= 15 is 0 Å². The average Bonchev–Trinajstić information content (AvgIpc) is 2.88. The number of hydrazine groups is 1. The molecule has 1 aliphatic rings. The Balaban J connectivity index is 1.82. The smallest absolute Gasteiger partial charge is 0.287 e. The number of aromatic nitrogens is 3. The molecule has 1 amide bonds. The zero-order valence-electron chi connectivity index (χ0n) is 11.4. The van der Waals surface area contributed by atoms with Crippen LogP contribution in [0.2, 0.25) is 0 Å². The van der Waals surface area contributed by atoms with Crippen molar-refractivity contribution in [1.82, 2.24) is 30.2 Å². The number of carbonyl (C=O) groups is 1. The van der Waals surface area contributed by atoms with E-state index in [0.29, 0.717) is 6.04 Å². The molecule has 2 heterocycles. The lowest BCUT2D eigenvalue weighted by Crippen LogP contribution is -2.50. The third-order valence-corrected chi connectivity index (χ3v) is 3.59. The van der Waals surface area contributed by atoms with E-state index in [4.69, 9.17) is 5.84 Å². The van der Waals surface area contributed by atoms with Gasteiger partial charge in [0.2, 0.25) is 0 Å². The molecular weight excluding hydrogens is 246 g/mol. The Kier molecular flexibility index (Phi) is 4.46. The van der Waals surface area contributed by atoms with Crippen LogP contribution in [-0.2, 0) is 6.54 Å². The first-order valence-electron chi connectivity index (χ1n) is 6.44. The maximum atomic E-state index is 11.2. The molecule has 1 aliphatic heterocycles. The molecule has 19 heavy (non-hydrogen) atoms. The minimum absolute atomic E-state index is 0.245. The number of rotatable bonds is 4. The van der Waals surface area contributed by atoms with Gasteiger partial charge in [0.05, 0.1) is 12.7 Å². The van der Waals surface area contributed by atoms with E-state index in [1.165, 1.54) is 0 Å². The highest BCUT2D eigenvalue weighted by atomic mass is 16.2. The van der Waals surface area contributed by atoms with Crippen molar-refractivity contribution in [3.05, 3.63) is 11.9 Å². The molecule has 106 valence electrons. The highest BCUT2D eigenvalue weighted by Gasteiger charge is 2.20. The highest BCUT2D eigenvalue weighted by molar-refractivity contribution is 5.91. The first-order chi connectivity index (χ1) is 9.10. The van der Waals surface area contributed by atoms with Gasteiger partial charge < -0.3 is 4.90 Å². The van der Waals surface area contributed by atoms with Crippen LogP contribution in [0, 0.1) is 0 Å². The highest BCUT2D eigenvalue weighted by Crippen LogP contribution is 2.06. The molecule has 1 atom stereocenters. The van der Waals surface area contributed by atoms with Crippen molar-refractivity contribution in [3.63, 3.8) is 0 Å². The molecule has 1 aromatic rings. The van der Waals surface area contributed by atoms with Gasteiger partial charge in [0.25, 0.3) is 5.91 Å². The summed E-state index contributed by atoms with van der Waals surface area (Å²) in [6, 6.07) is 0.572. The first-order valence-corrected chi connectivity index (χ1v) is 6.44.